The fraction of sp³-hybridized carbons (Fsp3) is 0.0667. The average molecular weight is 299 g/mol. The van der Waals surface area contributed by atoms with Crippen molar-refractivity contribution in [3.8, 4) is 5.75 Å². The number of benzene rings is 1. The quantitative estimate of drug-likeness (QED) is 0.618. The van der Waals surface area contributed by atoms with Gasteiger partial charge in [0.25, 0.3) is 5.91 Å². The number of carboxylic acids is 1. The van der Waals surface area contributed by atoms with Gasteiger partial charge in [0, 0.05) is 11.8 Å². The van der Waals surface area contributed by atoms with Crippen molar-refractivity contribution in [1.29, 1.82) is 0 Å². The minimum absolute atomic E-state index is 0.245. The molecule has 1 aromatic heterocycles. The number of rotatable bonds is 6. The summed E-state index contributed by atoms with van der Waals surface area (Å²) in [5, 5.41) is 12.4. The predicted molar refractivity (Wildman–Crippen MR) is 78.9 cm³/mol. The molecule has 0 atom stereocenters. The van der Waals surface area contributed by atoms with Crippen LogP contribution >= 0.6 is 0 Å². The maximum absolute atomic E-state index is 11.7. The van der Waals surface area contributed by atoms with E-state index in [0.29, 0.717) is 11.3 Å². The van der Waals surface area contributed by atoms with Crippen LogP contribution in [0.1, 0.15) is 16.1 Å². The van der Waals surface area contributed by atoms with E-state index in [-0.39, 0.29) is 5.69 Å². The summed E-state index contributed by atoms with van der Waals surface area (Å²) >= 11 is 0. The zero-order chi connectivity index (χ0) is 15.8. The minimum Gasteiger partial charge on any atom is -0.481 e. The number of aliphatic carboxylic acids is 1. The third kappa shape index (κ3) is 4.41. The van der Waals surface area contributed by atoms with Gasteiger partial charge in [0.1, 0.15) is 11.4 Å². The number of aromatic nitrogens is 1. The van der Waals surface area contributed by atoms with Crippen LogP contribution in [0.25, 0.3) is 0 Å². The molecule has 1 aromatic carbocycles. The summed E-state index contributed by atoms with van der Waals surface area (Å²) in [6.07, 6.45) is 2.88. The fourth-order valence-electron chi connectivity index (χ4n) is 1.57. The number of amides is 1. The number of para-hydroxylation sites is 1. The number of hydrogen-bond donors (Lipinski definition) is 2. The van der Waals surface area contributed by atoms with Gasteiger partial charge in [-0.2, -0.15) is 5.10 Å². The second-order valence-corrected chi connectivity index (χ2v) is 4.13. The van der Waals surface area contributed by atoms with E-state index in [0.717, 1.165) is 0 Å². The minimum atomic E-state index is -1.07. The Hall–Kier alpha value is -3.22. The molecule has 1 heterocycles. The van der Waals surface area contributed by atoms with Crippen LogP contribution in [-0.4, -0.2) is 34.8 Å². The summed E-state index contributed by atoms with van der Waals surface area (Å²) in [7, 11) is 0. The molecule has 0 saturated heterocycles. The summed E-state index contributed by atoms with van der Waals surface area (Å²) in [5.41, 5.74) is 3.13. The number of pyridine rings is 1. The fourth-order valence-corrected chi connectivity index (χ4v) is 1.57. The maximum Gasteiger partial charge on any atom is 0.341 e. The molecule has 0 aliphatic heterocycles. The highest BCUT2D eigenvalue weighted by Crippen LogP contribution is 2.15. The molecule has 0 aliphatic carbocycles. The molecule has 0 bridgehead atoms. The maximum atomic E-state index is 11.7. The van der Waals surface area contributed by atoms with Crippen molar-refractivity contribution < 1.29 is 19.4 Å². The SMILES string of the molecule is O=C(O)COc1ccccc1/C=N/NC(=O)c1ccccn1. The van der Waals surface area contributed by atoms with Crippen LogP contribution < -0.4 is 10.2 Å². The number of nitrogens with one attached hydrogen (secondary N) is 1. The Kier molecular flexibility index (Phi) is 5.20. The van der Waals surface area contributed by atoms with Gasteiger partial charge in [0.05, 0.1) is 6.21 Å². The first-order valence-corrected chi connectivity index (χ1v) is 6.35. The molecule has 0 aliphatic rings. The van der Waals surface area contributed by atoms with Gasteiger partial charge in [0.2, 0.25) is 0 Å². The van der Waals surface area contributed by atoms with Crippen LogP contribution in [0, 0.1) is 0 Å². The first-order valence-electron chi connectivity index (χ1n) is 6.35. The van der Waals surface area contributed by atoms with Crippen molar-refractivity contribution in [2.45, 2.75) is 0 Å². The van der Waals surface area contributed by atoms with Crippen LogP contribution in [0.2, 0.25) is 0 Å². The van der Waals surface area contributed by atoms with E-state index >= 15 is 0 Å². The van der Waals surface area contributed by atoms with Gasteiger partial charge in [0.15, 0.2) is 6.61 Å². The molecule has 7 nitrogen and oxygen atoms in total. The monoisotopic (exact) mass is 299 g/mol. The lowest BCUT2D eigenvalue weighted by Crippen LogP contribution is -2.18. The summed E-state index contributed by atoms with van der Waals surface area (Å²) in [4.78, 5) is 26.2. The van der Waals surface area contributed by atoms with E-state index in [1.165, 1.54) is 12.4 Å². The molecule has 112 valence electrons. The molecule has 7 heteroatoms. The Bertz CT molecular complexity index is 686. The first-order chi connectivity index (χ1) is 10.7. The molecule has 0 saturated carbocycles. The third-order valence-electron chi connectivity index (χ3n) is 2.54. The second kappa shape index (κ2) is 7.53. The molecule has 1 amide bonds. The highest BCUT2D eigenvalue weighted by molar-refractivity contribution is 5.93. The molecule has 0 spiro atoms. The number of ether oxygens (including phenoxy) is 1. The van der Waals surface area contributed by atoms with Crippen molar-refractivity contribution in [3.63, 3.8) is 0 Å². The zero-order valence-electron chi connectivity index (χ0n) is 11.5. The van der Waals surface area contributed by atoms with E-state index < -0.39 is 18.5 Å². The van der Waals surface area contributed by atoms with Gasteiger partial charge in [-0.05, 0) is 24.3 Å². The summed E-state index contributed by atoms with van der Waals surface area (Å²) in [5.74, 6) is -1.16. The molecule has 0 fully saturated rings. The molecule has 0 unspecified atom stereocenters. The zero-order valence-corrected chi connectivity index (χ0v) is 11.5. The Morgan fingerprint density at radius 3 is 2.73 bits per heavy atom. The lowest BCUT2D eigenvalue weighted by molar-refractivity contribution is -0.139. The number of hydrazone groups is 1. The van der Waals surface area contributed by atoms with Crippen molar-refractivity contribution in [1.82, 2.24) is 10.4 Å². The van der Waals surface area contributed by atoms with Crippen LogP contribution in [0.4, 0.5) is 0 Å². The lowest BCUT2D eigenvalue weighted by atomic mass is 10.2. The number of carbonyl (C=O) groups excluding carboxylic acids is 1. The summed E-state index contributed by atoms with van der Waals surface area (Å²) < 4.78 is 5.12. The summed E-state index contributed by atoms with van der Waals surface area (Å²) in [6.45, 7) is -0.453. The molecular formula is C15H13N3O4. The van der Waals surface area contributed by atoms with Crippen molar-refractivity contribution in [2.75, 3.05) is 6.61 Å². The van der Waals surface area contributed by atoms with E-state index in [1.54, 1.807) is 42.5 Å². The number of carbonyl (C=O) groups is 2. The highest BCUT2D eigenvalue weighted by Gasteiger charge is 2.05. The third-order valence-corrected chi connectivity index (χ3v) is 2.54. The van der Waals surface area contributed by atoms with Crippen LogP contribution in [0.15, 0.2) is 53.8 Å². The van der Waals surface area contributed by atoms with Crippen LogP contribution in [-0.2, 0) is 4.79 Å². The van der Waals surface area contributed by atoms with Crippen LogP contribution in [0.5, 0.6) is 5.75 Å². The second-order valence-electron chi connectivity index (χ2n) is 4.13. The van der Waals surface area contributed by atoms with E-state index in [1.807, 2.05) is 0 Å². The van der Waals surface area contributed by atoms with Crippen molar-refractivity contribution in [3.05, 3.63) is 59.9 Å². The number of nitrogens with zero attached hydrogens (tertiary/aromatic N) is 2. The first kappa shape index (κ1) is 15.2. The van der Waals surface area contributed by atoms with E-state index in [2.05, 4.69) is 15.5 Å². The molecular weight excluding hydrogens is 286 g/mol. The van der Waals surface area contributed by atoms with Crippen molar-refractivity contribution >= 4 is 18.1 Å². The van der Waals surface area contributed by atoms with E-state index in [4.69, 9.17) is 9.84 Å². The number of hydrogen-bond acceptors (Lipinski definition) is 5. The number of carboxylic acid groups (broad SMARTS) is 1. The lowest BCUT2D eigenvalue weighted by Gasteiger charge is -2.06. The molecule has 2 N–H and O–H groups in total. The Morgan fingerprint density at radius 2 is 2.00 bits per heavy atom. The van der Waals surface area contributed by atoms with Crippen LogP contribution in [0.3, 0.4) is 0 Å². The standard InChI is InChI=1S/C15H13N3O4/c19-14(20)10-22-13-7-2-1-5-11(13)9-17-18-15(21)12-6-3-4-8-16-12/h1-9H,10H2,(H,18,21)(H,19,20)/b17-9+. The van der Waals surface area contributed by atoms with Gasteiger partial charge in [-0.1, -0.05) is 18.2 Å². The highest BCUT2D eigenvalue weighted by atomic mass is 16.5. The van der Waals surface area contributed by atoms with Crippen molar-refractivity contribution in [2.24, 2.45) is 5.10 Å². The largest absolute Gasteiger partial charge is 0.481 e. The van der Waals surface area contributed by atoms with Gasteiger partial charge < -0.3 is 9.84 Å². The van der Waals surface area contributed by atoms with E-state index in [9.17, 15) is 9.59 Å². The Balaban J connectivity index is 2.01. The van der Waals surface area contributed by atoms with Gasteiger partial charge in [-0.3, -0.25) is 9.78 Å². The summed E-state index contributed by atoms with van der Waals surface area (Å²) in [6, 6.07) is 11.7. The smallest absolute Gasteiger partial charge is 0.341 e. The Morgan fingerprint density at radius 1 is 1.23 bits per heavy atom. The van der Waals surface area contributed by atoms with Gasteiger partial charge in [-0.15, -0.1) is 0 Å². The molecule has 2 aromatic rings. The topological polar surface area (TPSA) is 101 Å². The Labute approximate surface area is 126 Å². The van der Waals surface area contributed by atoms with Gasteiger partial charge in [-0.25, -0.2) is 10.2 Å². The normalized spacial score (nSPS) is 10.4. The molecule has 2 rings (SSSR count). The predicted octanol–water partition coefficient (Wildman–Crippen LogP) is 1.31. The van der Waals surface area contributed by atoms with Gasteiger partial charge >= 0.3 is 5.97 Å². The average Bonchev–Trinajstić information content (AvgIpc) is 2.54. The molecule has 22 heavy (non-hydrogen) atoms. The molecule has 0 radical (unpaired) electrons.